The van der Waals surface area contributed by atoms with E-state index in [0.717, 1.165) is 4.43 Å². The van der Waals surface area contributed by atoms with E-state index in [1.54, 1.807) is 0 Å². The first-order valence-corrected chi connectivity index (χ1v) is 2.94. The fraction of sp³-hybridized carbons (Fsp3) is 0.333. The van der Waals surface area contributed by atoms with Crippen molar-refractivity contribution in [3.63, 3.8) is 0 Å². The van der Waals surface area contributed by atoms with Crippen molar-refractivity contribution in [1.29, 1.82) is 0 Å². The highest BCUT2D eigenvalue weighted by molar-refractivity contribution is 14.1. The number of nitrogens with two attached hydrogens (primary N) is 1. The van der Waals surface area contributed by atoms with Gasteiger partial charge in [-0.3, -0.25) is 0 Å². The molecule has 0 saturated carbocycles. The minimum absolute atomic E-state index is 0.607. The molecule has 0 saturated heterocycles. The molecule has 0 aromatic carbocycles. The fourth-order valence-corrected chi connectivity index (χ4v) is 0.211. The van der Waals surface area contributed by atoms with Gasteiger partial charge in [0, 0.05) is 0 Å². The lowest BCUT2D eigenvalue weighted by Gasteiger charge is -1.92. The molecule has 0 amide bonds. The Morgan fingerprint density at radius 1 is 2.00 bits per heavy atom. The SMILES string of the molecule is C=C(CI)ON. The van der Waals surface area contributed by atoms with Crippen LogP contribution in [0, 0.1) is 0 Å². The first kappa shape index (κ1) is 6.23. The van der Waals surface area contributed by atoms with Crippen LogP contribution in [0.5, 0.6) is 0 Å². The molecule has 0 aliphatic rings. The van der Waals surface area contributed by atoms with Crippen molar-refractivity contribution >= 4 is 22.6 Å². The lowest BCUT2D eigenvalue weighted by molar-refractivity contribution is 0.227. The molecule has 0 aliphatic heterocycles. The van der Waals surface area contributed by atoms with Crippen LogP contribution in [-0.2, 0) is 4.84 Å². The van der Waals surface area contributed by atoms with Crippen LogP contribution in [0.15, 0.2) is 12.3 Å². The third-order valence-corrected chi connectivity index (χ3v) is 1.17. The molecule has 0 spiro atoms. The van der Waals surface area contributed by atoms with E-state index in [1.165, 1.54) is 0 Å². The molecule has 0 fully saturated rings. The van der Waals surface area contributed by atoms with Crippen LogP contribution in [0.25, 0.3) is 0 Å². The molecule has 0 atom stereocenters. The Hall–Kier alpha value is 0.230. The highest BCUT2D eigenvalue weighted by atomic mass is 127. The predicted octanol–water partition coefficient (Wildman–Crippen LogP) is 0.825. The number of hydrogen-bond acceptors (Lipinski definition) is 2. The Labute approximate surface area is 50.4 Å². The quantitative estimate of drug-likeness (QED) is 0.309. The summed E-state index contributed by atoms with van der Waals surface area (Å²) in [7, 11) is 0. The van der Waals surface area contributed by atoms with Crippen molar-refractivity contribution in [2.24, 2.45) is 5.90 Å². The molecule has 36 valence electrons. The summed E-state index contributed by atoms with van der Waals surface area (Å²) in [6.07, 6.45) is 0. The monoisotopic (exact) mass is 199 g/mol. The smallest absolute Gasteiger partial charge is 0.126 e. The predicted molar refractivity (Wildman–Crippen MR) is 33.3 cm³/mol. The summed E-state index contributed by atoms with van der Waals surface area (Å²) >= 11 is 2.11. The van der Waals surface area contributed by atoms with Gasteiger partial charge in [-0.05, 0) is 0 Å². The Morgan fingerprint density at radius 2 is 2.50 bits per heavy atom. The molecular formula is C3H6INO. The second kappa shape index (κ2) is 3.42. The lowest BCUT2D eigenvalue weighted by atomic mass is 10.7. The average Bonchev–Trinajstić information content (AvgIpc) is 1.65. The molecule has 0 aromatic heterocycles. The van der Waals surface area contributed by atoms with E-state index < -0.39 is 0 Å². The molecule has 0 aliphatic carbocycles. The van der Waals surface area contributed by atoms with Crippen molar-refractivity contribution in [3.05, 3.63) is 12.3 Å². The number of alkyl halides is 1. The van der Waals surface area contributed by atoms with Crippen LogP contribution >= 0.6 is 22.6 Å². The van der Waals surface area contributed by atoms with Gasteiger partial charge < -0.3 is 4.84 Å². The minimum Gasteiger partial charge on any atom is -0.416 e. The molecule has 0 aromatic rings. The zero-order valence-corrected chi connectivity index (χ0v) is 5.44. The van der Waals surface area contributed by atoms with Crippen LogP contribution in [0.4, 0.5) is 0 Å². The maximum Gasteiger partial charge on any atom is 0.126 e. The van der Waals surface area contributed by atoms with E-state index in [9.17, 15) is 0 Å². The van der Waals surface area contributed by atoms with Gasteiger partial charge in [0.05, 0.1) is 4.43 Å². The van der Waals surface area contributed by atoms with Gasteiger partial charge in [0.25, 0.3) is 0 Å². The van der Waals surface area contributed by atoms with Gasteiger partial charge in [-0.25, -0.2) is 0 Å². The largest absolute Gasteiger partial charge is 0.416 e. The number of allylic oxidation sites excluding steroid dienone is 1. The normalized spacial score (nSPS) is 7.67. The standard InChI is InChI=1S/C3H6INO/c1-3(2-4)6-5/h1-2,5H2. The van der Waals surface area contributed by atoms with E-state index >= 15 is 0 Å². The summed E-state index contributed by atoms with van der Waals surface area (Å²) in [6.45, 7) is 3.44. The van der Waals surface area contributed by atoms with Gasteiger partial charge in [-0.15, -0.1) is 0 Å². The van der Waals surface area contributed by atoms with Crippen LogP contribution in [0.3, 0.4) is 0 Å². The summed E-state index contributed by atoms with van der Waals surface area (Å²) in [5.41, 5.74) is 0. The van der Waals surface area contributed by atoms with E-state index in [0.29, 0.717) is 5.76 Å². The van der Waals surface area contributed by atoms with Crippen molar-refractivity contribution in [2.45, 2.75) is 0 Å². The van der Waals surface area contributed by atoms with Gasteiger partial charge >= 0.3 is 0 Å². The molecule has 0 heterocycles. The van der Waals surface area contributed by atoms with E-state index in [2.05, 4.69) is 39.9 Å². The van der Waals surface area contributed by atoms with Crippen LogP contribution in [0.2, 0.25) is 0 Å². The molecule has 0 unspecified atom stereocenters. The molecular weight excluding hydrogens is 193 g/mol. The maximum atomic E-state index is 4.68. The molecule has 0 radical (unpaired) electrons. The summed E-state index contributed by atoms with van der Waals surface area (Å²) in [4.78, 5) is 4.20. The first-order valence-electron chi connectivity index (χ1n) is 1.41. The summed E-state index contributed by atoms with van der Waals surface area (Å²) in [6, 6.07) is 0. The highest BCUT2D eigenvalue weighted by Gasteiger charge is 1.81. The van der Waals surface area contributed by atoms with Gasteiger partial charge in [0.15, 0.2) is 0 Å². The van der Waals surface area contributed by atoms with Crippen molar-refractivity contribution in [3.8, 4) is 0 Å². The topological polar surface area (TPSA) is 35.2 Å². The zero-order chi connectivity index (χ0) is 4.99. The van der Waals surface area contributed by atoms with Crippen LogP contribution in [-0.4, -0.2) is 4.43 Å². The van der Waals surface area contributed by atoms with Crippen LogP contribution < -0.4 is 5.90 Å². The number of rotatable bonds is 2. The first-order chi connectivity index (χ1) is 2.81. The second-order valence-corrected chi connectivity index (χ2v) is 1.55. The van der Waals surface area contributed by atoms with Gasteiger partial charge in [-0.1, -0.05) is 29.2 Å². The van der Waals surface area contributed by atoms with Gasteiger partial charge in [0.2, 0.25) is 0 Å². The zero-order valence-electron chi connectivity index (χ0n) is 3.28. The van der Waals surface area contributed by atoms with Crippen LogP contribution in [0.1, 0.15) is 0 Å². The summed E-state index contributed by atoms with van der Waals surface area (Å²) in [5.74, 6) is 5.29. The lowest BCUT2D eigenvalue weighted by Crippen LogP contribution is -1.97. The van der Waals surface area contributed by atoms with E-state index in [1.807, 2.05) is 0 Å². The fourth-order valence-electron chi connectivity index (χ4n) is 0.0315. The molecule has 2 nitrogen and oxygen atoms in total. The molecule has 6 heavy (non-hydrogen) atoms. The third-order valence-electron chi connectivity index (χ3n) is 0.316. The van der Waals surface area contributed by atoms with Gasteiger partial charge in [-0.2, -0.15) is 5.90 Å². The van der Waals surface area contributed by atoms with Crippen molar-refractivity contribution in [2.75, 3.05) is 4.43 Å². The van der Waals surface area contributed by atoms with Gasteiger partial charge in [0.1, 0.15) is 5.76 Å². The minimum atomic E-state index is 0.607. The molecule has 3 heteroatoms. The molecule has 0 rings (SSSR count). The van der Waals surface area contributed by atoms with E-state index in [4.69, 9.17) is 0 Å². The Balaban J connectivity index is 2.99. The summed E-state index contributed by atoms with van der Waals surface area (Å²) < 4.78 is 0.758. The summed E-state index contributed by atoms with van der Waals surface area (Å²) in [5, 5.41) is 0. The maximum absolute atomic E-state index is 4.68. The number of hydrogen-bond donors (Lipinski definition) is 1. The van der Waals surface area contributed by atoms with Crippen molar-refractivity contribution in [1.82, 2.24) is 0 Å². The van der Waals surface area contributed by atoms with Crippen molar-refractivity contribution < 1.29 is 4.84 Å². The second-order valence-electron chi connectivity index (χ2n) is 0.790. The highest BCUT2D eigenvalue weighted by Crippen LogP contribution is 1.92. The number of halogens is 1. The third kappa shape index (κ3) is 2.47. The molecule has 0 bridgehead atoms. The van der Waals surface area contributed by atoms with E-state index in [-0.39, 0.29) is 0 Å². The molecule has 2 N–H and O–H groups in total. The average molecular weight is 199 g/mol. The Kier molecular flexibility index (Phi) is 3.55. The Morgan fingerprint density at radius 3 is 2.50 bits per heavy atom. The Bertz CT molecular complexity index is 48.8.